The minimum atomic E-state index is -0.518. The molecule has 2 aromatic heterocycles. The second-order valence-electron chi connectivity index (χ2n) is 3.87. The molecular formula is C11H15FN6. The number of hydrogen-bond donors (Lipinski definition) is 1. The van der Waals surface area contributed by atoms with E-state index < -0.39 is 5.82 Å². The minimum Gasteiger partial charge on any atom is -0.368 e. The van der Waals surface area contributed by atoms with Crippen LogP contribution in [0, 0.1) is 5.82 Å². The number of nitrogen functional groups attached to an aromatic ring is 1. The average Bonchev–Trinajstić information content (AvgIpc) is 2.80. The van der Waals surface area contributed by atoms with Crippen molar-refractivity contribution in [1.29, 1.82) is 0 Å². The van der Waals surface area contributed by atoms with Gasteiger partial charge >= 0.3 is 0 Å². The number of nitrogens with two attached hydrogens (primary N) is 1. The minimum absolute atomic E-state index is 0.0415. The van der Waals surface area contributed by atoms with Gasteiger partial charge in [0.25, 0.3) is 0 Å². The van der Waals surface area contributed by atoms with E-state index in [0.29, 0.717) is 0 Å². The molecule has 0 unspecified atom stereocenters. The van der Waals surface area contributed by atoms with E-state index in [-0.39, 0.29) is 11.8 Å². The first-order valence-electron chi connectivity index (χ1n) is 5.67. The molecule has 0 amide bonds. The van der Waals surface area contributed by atoms with Gasteiger partial charge in [0, 0.05) is 19.7 Å². The maximum Gasteiger partial charge on any atom is 0.222 e. The molecule has 2 heterocycles. The topological polar surface area (TPSA) is 72.9 Å². The van der Waals surface area contributed by atoms with Crippen LogP contribution in [0.1, 0.15) is 13.3 Å². The van der Waals surface area contributed by atoms with Gasteiger partial charge in [0.15, 0.2) is 11.6 Å². The second kappa shape index (κ2) is 4.99. The lowest BCUT2D eigenvalue weighted by molar-refractivity contribution is 0.592. The van der Waals surface area contributed by atoms with Crippen LogP contribution in [0.4, 0.5) is 22.0 Å². The molecule has 0 aliphatic rings. The van der Waals surface area contributed by atoms with Gasteiger partial charge in [0.1, 0.15) is 5.82 Å². The highest BCUT2D eigenvalue weighted by Crippen LogP contribution is 2.24. The monoisotopic (exact) mass is 250 g/mol. The smallest absolute Gasteiger partial charge is 0.222 e. The van der Waals surface area contributed by atoms with Crippen LogP contribution in [-0.2, 0) is 6.54 Å². The van der Waals surface area contributed by atoms with Crippen molar-refractivity contribution in [3.05, 3.63) is 24.3 Å². The number of anilines is 3. The Morgan fingerprint density at radius 1 is 1.50 bits per heavy atom. The number of nitrogens with zero attached hydrogens (tertiary/aromatic N) is 5. The molecule has 6 nitrogen and oxygen atoms in total. The van der Waals surface area contributed by atoms with Crippen LogP contribution in [0.5, 0.6) is 0 Å². The summed E-state index contributed by atoms with van der Waals surface area (Å²) in [5.41, 5.74) is 5.48. The number of halogens is 1. The van der Waals surface area contributed by atoms with E-state index in [9.17, 15) is 4.39 Å². The van der Waals surface area contributed by atoms with Crippen molar-refractivity contribution in [2.75, 3.05) is 17.7 Å². The standard InChI is InChI=1S/C11H15FN6/c1-3-6-18-9(4-5-15-18)17(2)10-8(12)7-14-11(13)16-10/h4-5,7H,3,6H2,1-2H3,(H2,13,14,16). The van der Waals surface area contributed by atoms with E-state index >= 15 is 0 Å². The lowest BCUT2D eigenvalue weighted by atomic mass is 10.4. The summed E-state index contributed by atoms with van der Waals surface area (Å²) in [4.78, 5) is 9.12. The van der Waals surface area contributed by atoms with Gasteiger partial charge in [-0.1, -0.05) is 6.92 Å². The van der Waals surface area contributed by atoms with Gasteiger partial charge in [-0.05, 0) is 6.42 Å². The quantitative estimate of drug-likeness (QED) is 0.891. The molecule has 0 spiro atoms. The molecule has 0 saturated carbocycles. The molecule has 18 heavy (non-hydrogen) atoms. The van der Waals surface area contributed by atoms with Crippen molar-refractivity contribution < 1.29 is 4.39 Å². The van der Waals surface area contributed by atoms with Gasteiger partial charge in [0.05, 0.1) is 12.4 Å². The van der Waals surface area contributed by atoms with Crippen molar-refractivity contribution in [2.45, 2.75) is 19.9 Å². The predicted molar refractivity (Wildman–Crippen MR) is 67.0 cm³/mol. The highest BCUT2D eigenvalue weighted by molar-refractivity contribution is 5.56. The predicted octanol–water partition coefficient (Wildman–Crippen LogP) is 1.57. The van der Waals surface area contributed by atoms with E-state index in [1.165, 1.54) is 0 Å². The number of hydrogen-bond acceptors (Lipinski definition) is 5. The first-order chi connectivity index (χ1) is 8.63. The lowest BCUT2D eigenvalue weighted by Crippen LogP contribution is -2.18. The van der Waals surface area contributed by atoms with Crippen molar-refractivity contribution in [2.24, 2.45) is 0 Å². The van der Waals surface area contributed by atoms with Crippen molar-refractivity contribution in [3.8, 4) is 0 Å². The zero-order valence-corrected chi connectivity index (χ0v) is 10.3. The maximum absolute atomic E-state index is 13.7. The molecule has 2 rings (SSSR count). The molecule has 0 aromatic carbocycles. The third kappa shape index (κ3) is 2.24. The van der Waals surface area contributed by atoms with Crippen molar-refractivity contribution in [3.63, 3.8) is 0 Å². The van der Waals surface area contributed by atoms with Crippen LogP contribution < -0.4 is 10.6 Å². The van der Waals surface area contributed by atoms with Gasteiger partial charge in [-0.15, -0.1) is 0 Å². The van der Waals surface area contributed by atoms with E-state index in [2.05, 4.69) is 22.0 Å². The Morgan fingerprint density at radius 3 is 3.00 bits per heavy atom. The Hall–Kier alpha value is -2.18. The third-order valence-corrected chi connectivity index (χ3v) is 2.54. The van der Waals surface area contributed by atoms with E-state index in [0.717, 1.165) is 25.0 Å². The van der Waals surface area contributed by atoms with Crippen LogP contribution in [0.2, 0.25) is 0 Å². The van der Waals surface area contributed by atoms with E-state index in [1.54, 1.807) is 28.9 Å². The molecule has 2 N–H and O–H groups in total. The first-order valence-corrected chi connectivity index (χ1v) is 5.67. The van der Waals surface area contributed by atoms with Gasteiger partial charge < -0.3 is 10.6 Å². The van der Waals surface area contributed by atoms with Crippen molar-refractivity contribution >= 4 is 17.6 Å². The van der Waals surface area contributed by atoms with Crippen LogP contribution >= 0.6 is 0 Å². The largest absolute Gasteiger partial charge is 0.368 e. The molecule has 7 heteroatoms. The summed E-state index contributed by atoms with van der Waals surface area (Å²) in [7, 11) is 1.72. The van der Waals surface area contributed by atoms with Gasteiger partial charge in [-0.2, -0.15) is 10.1 Å². The van der Waals surface area contributed by atoms with Crippen LogP contribution in [0.15, 0.2) is 18.5 Å². The molecule has 0 bridgehead atoms. The highest BCUT2D eigenvalue weighted by Gasteiger charge is 2.15. The molecule has 2 aromatic rings. The molecule has 0 saturated heterocycles. The maximum atomic E-state index is 13.7. The summed E-state index contributed by atoms with van der Waals surface area (Å²) in [6, 6.07) is 1.80. The van der Waals surface area contributed by atoms with E-state index in [1.807, 2.05) is 0 Å². The van der Waals surface area contributed by atoms with E-state index in [4.69, 9.17) is 5.73 Å². The summed E-state index contributed by atoms with van der Waals surface area (Å²) in [5.74, 6) is 0.421. The zero-order valence-electron chi connectivity index (χ0n) is 10.3. The second-order valence-corrected chi connectivity index (χ2v) is 3.87. The lowest BCUT2D eigenvalue weighted by Gasteiger charge is -2.19. The van der Waals surface area contributed by atoms with Gasteiger partial charge in [0.2, 0.25) is 5.95 Å². The zero-order chi connectivity index (χ0) is 13.1. The SMILES string of the molecule is CCCn1nccc1N(C)c1nc(N)ncc1F. The Morgan fingerprint density at radius 2 is 2.28 bits per heavy atom. The summed E-state index contributed by atoms with van der Waals surface area (Å²) in [6.07, 6.45) is 3.68. The Balaban J connectivity index is 2.38. The Labute approximate surface area is 104 Å². The van der Waals surface area contributed by atoms with Crippen LogP contribution in [0.25, 0.3) is 0 Å². The van der Waals surface area contributed by atoms with Gasteiger partial charge in [-0.25, -0.2) is 14.1 Å². The van der Waals surface area contributed by atoms with Gasteiger partial charge in [-0.3, -0.25) is 0 Å². The Bertz CT molecular complexity index is 538. The highest BCUT2D eigenvalue weighted by atomic mass is 19.1. The molecule has 0 atom stereocenters. The average molecular weight is 250 g/mol. The fraction of sp³-hybridized carbons (Fsp3) is 0.364. The number of aryl methyl sites for hydroxylation is 1. The fourth-order valence-corrected chi connectivity index (χ4v) is 1.71. The Kier molecular flexibility index (Phi) is 3.40. The summed E-state index contributed by atoms with van der Waals surface area (Å²) in [5, 5.41) is 4.18. The molecular weight excluding hydrogens is 235 g/mol. The molecule has 0 fully saturated rings. The third-order valence-electron chi connectivity index (χ3n) is 2.54. The molecule has 96 valence electrons. The fourth-order valence-electron chi connectivity index (χ4n) is 1.71. The van der Waals surface area contributed by atoms with Crippen LogP contribution in [0.3, 0.4) is 0 Å². The molecule has 0 aliphatic heterocycles. The summed E-state index contributed by atoms with van der Waals surface area (Å²) < 4.78 is 15.5. The first kappa shape index (κ1) is 12.3. The summed E-state index contributed by atoms with van der Waals surface area (Å²) >= 11 is 0. The van der Waals surface area contributed by atoms with Crippen molar-refractivity contribution in [1.82, 2.24) is 19.7 Å². The molecule has 0 aliphatic carbocycles. The summed E-state index contributed by atoms with van der Waals surface area (Å²) in [6.45, 7) is 2.81. The number of aromatic nitrogens is 4. The normalized spacial score (nSPS) is 10.6. The molecule has 0 radical (unpaired) electrons. The van der Waals surface area contributed by atoms with Crippen LogP contribution in [-0.4, -0.2) is 26.8 Å². The number of rotatable bonds is 4.